The maximum Gasteiger partial charge on any atom is 0.258 e. The summed E-state index contributed by atoms with van der Waals surface area (Å²) in [6.45, 7) is 2.16. The van der Waals surface area contributed by atoms with Crippen molar-refractivity contribution in [2.45, 2.75) is 12.8 Å². The molecule has 3 aromatic rings. The molecule has 1 atom stereocenters. The largest absolute Gasteiger partial charge is 0.504 e. The first kappa shape index (κ1) is 18.4. The van der Waals surface area contributed by atoms with E-state index in [2.05, 4.69) is 6.07 Å². The minimum atomic E-state index is -0.744. The third kappa shape index (κ3) is 2.77. The van der Waals surface area contributed by atoms with Crippen molar-refractivity contribution in [2.24, 2.45) is 12.8 Å². The standard InChI is InChI=1S/C22H19N3O4/c1-3-28-17-10-12(8-9-16(17)26)18-14(11-23)21(24)29-20-13-6-4-5-7-15(13)25(2)22(27)19(18)20/h4-10,18,26H,3,24H2,1-2H3. The Kier molecular flexibility index (Phi) is 4.40. The SMILES string of the molecule is CCOc1cc(C2C(C#N)=C(N)Oc3c2c(=O)n(C)c2ccccc32)ccc1O. The van der Waals surface area contributed by atoms with Crippen LogP contribution in [0.1, 0.15) is 24.0 Å². The number of rotatable bonds is 3. The summed E-state index contributed by atoms with van der Waals surface area (Å²) in [6.07, 6.45) is 0. The van der Waals surface area contributed by atoms with E-state index in [1.807, 2.05) is 24.3 Å². The Bertz CT molecular complexity index is 1270. The molecule has 0 saturated heterocycles. The zero-order valence-electron chi connectivity index (χ0n) is 16.0. The molecular formula is C22H19N3O4. The smallest absolute Gasteiger partial charge is 0.258 e. The molecule has 0 amide bonds. The van der Waals surface area contributed by atoms with E-state index in [1.54, 1.807) is 26.1 Å². The van der Waals surface area contributed by atoms with Crippen molar-refractivity contribution in [3.63, 3.8) is 0 Å². The molecule has 0 radical (unpaired) electrons. The normalized spacial score (nSPS) is 15.6. The Morgan fingerprint density at radius 1 is 1.31 bits per heavy atom. The minimum Gasteiger partial charge on any atom is -0.504 e. The lowest BCUT2D eigenvalue weighted by molar-refractivity contribution is 0.317. The van der Waals surface area contributed by atoms with Gasteiger partial charge in [0, 0.05) is 12.4 Å². The fourth-order valence-corrected chi connectivity index (χ4v) is 3.74. The monoisotopic (exact) mass is 389 g/mol. The molecule has 7 nitrogen and oxygen atoms in total. The number of ether oxygens (including phenoxy) is 2. The number of nitriles is 1. The third-order valence-corrected chi connectivity index (χ3v) is 5.08. The van der Waals surface area contributed by atoms with E-state index < -0.39 is 5.92 Å². The van der Waals surface area contributed by atoms with Crippen LogP contribution >= 0.6 is 0 Å². The Hall–Kier alpha value is -3.92. The number of aromatic hydroxyl groups is 1. The molecule has 7 heteroatoms. The quantitative estimate of drug-likeness (QED) is 0.713. The number of fused-ring (bicyclic) bond motifs is 3. The van der Waals surface area contributed by atoms with Crippen LogP contribution < -0.4 is 20.8 Å². The van der Waals surface area contributed by atoms with Gasteiger partial charge in [0.25, 0.3) is 5.56 Å². The average Bonchev–Trinajstić information content (AvgIpc) is 2.73. The van der Waals surface area contributed by atoms with Crippen molar-refractivity contribution in [3.05, 3.63) is 75.4 Å². The van der Waals surface area contributed by atoms with Crippen molar-refractivity contribution in [1.82, 2.24) is 4.57 Å². The summed E-state index contributed by atoms with van der Waals surface area (Å²) < 4.78 is 12.8. The van der Waals surface area contributed by atoms with Gasteiger partial charge in [-0.1, -0.05) is 18.2 Å². The number of allylic oxidation sites excluding steroid dienone is 1. The highest BCUT2D eigenvalue weighted by Gasteiger charge is 2.35. The molecule has 1 unspecified atom stereocenters. The van der Waals surface area contributed by atoms with Gasteiger partial charge in [0.2, 0.25) is 5.88 Å². The summed E-state index contributed by atoms with van der Waals surface area (Å²) in [5.41, 5.74) is 7.56. The second kappa shape index (κ2) is 6.91. The van der Waals surface area contributed by atoms with Crippen LogP contribution in [-0.4, -0.2) is 16.3 Å². The summed E-state index contributed by atoms with van der Waals surface area (Å²) >= 11 is 0. The van der Waals surface area contributed by atoms with Gasteiger partial charge in [-0.25, -0.2) is 0 Å². The highest BCUT2D eigenvalue weighted by atomic mass is 16.5. The van der Waals surface area contributed by atoms with Crippen LogP contribution in [0.3, 0.4) is 0 Å². The first-order chi connectivity index (χ1) is 14.0. The van der Waals surface area contributed by atoms with Gasteiger partial charge in [-0.3, -0.25) is 4.79 Å². The number of benzene rings is 2. The predicted molar refractivity (Wildman–Crippen MR) is 108 cm³/mol. The molecule has 0 saturated carbocycles. The van der Waals surface area contributed by atoms with E-state index in [-0.39, 0.29) is 28.5 Å². The molecule has 1 aromatic heterocycles. The molecule has 0 spiro atoms. The zero-order valence-corrected chi connectivity index (χ0v) is 16.0. The fraction of sp³-hybridized carbons (Fsp3) is 0.182. The maximum atomic E-state index is 13.3. The van der Waals surface area contributed by atoms with Crippen molar-refractivity contribution >= 4 is 10.9 Å². The third-order valence-electron chi connectivity index (χ3n) is 5.08. The van der Waals surface area contributed by atoms with E-state index >= 15 is 0 Å². The Labute approximate surface area is 166 Å². The molecule has 2 aromatic carbocycles. The summed E-state index contributed by atoms with van der Waals surface area (Å²) in [6, 6.07) is 14.2. The van der Waals surface area contributed by atoms with Gasteiger partial charge in [0.15, 0.2) is 11.5 Å². The molecule has 1 aliphatic heterocycles. The number of hydrogen-bond acceptors (Lipinski definition) is 6. The number of phenols is 1. The molecule has 0 fully saturated rings. The molecule has 3 N–H and O–H groups in total. The molecule has 2 heterocycles. The van der Waals surface area contributed by atoms with E-state index in [1.165, 1.54) is 10.6 Å². The summed E-state index contributed by atoms with van der Waals surface area (Å²) in [5.74, 6) is -0.200. The van der Waals surface area contributed by atoms with E-state index in [0.29, 0.717) is 29.0 Å². The van der Waals surface area contributed by atoms with Crippen LogP contribution in [0.25, 0.3) is 10.9 Å². The van der Waals surface area contributed by atoms with Gasteiger partial charge < -0.3 is 24.9 Å². The predicted octanol–water partition coefficient (Wildman–Crippen LogP) is 2.86. The van der Waals surface area contributed by atoms with Gasteiger partial charge in [-0.05, 0) is 36.8 Å². The fourth-order valence-electron chi connectivity index (χ4n) is 3.74. The van der Waals surface area contributed by atoms with Crippen LogP contribution in [-0.2, 0) is 7.05 Å². The van der Waals surface area contributed by atoms with Crippen LogP contribution in [0.2, 0.25) is 0 Å². The highest BCUT2D eigenvalue weighted by molar-refractivity contribution is 5.88. The lowest BCUT2D eigenvalue weighted by Crippen LogP contribution is -2.31. The summed E-state index contributed by atoms with van der Waals surface area (Å²) in [4.78, 5) is 13.3. The number of aryl methyl sites for hydroxylation is 1. The molecule has 0 aliphatic carbocycles. The number of aromatic nitrogens is 1. The number of para-hydroxylation sites is 1. The Balaban J connectivity index is 2.07. The maximum absolute atomic E-state index is 13.3. The summed E-state index contributed by atoms with van der Waals surface area (Å²) in [7, 11) is 1.68. The van der Waals surface area contributed by atoms with E-state index in [9.17, 15) is 15.2 Å². The first-order valence-electron chi connectivity index (χ1n) is 9.12. The van der Waals surface area contributed by atoms with Crippen LogP contribution in [0.15, 0.2) is 58.7 Å². The lowest BCUT2D eigenvalue weighted by Gasteiger charge is -2.28. The average molecular weight is 389 g/mol. The Morgan fingerprint density at radius 2 is 2.07 bits per heavy atom. The van der Waals surface area contributed by atoms with Crippen LogP contribution in [0, 0.1) is 11.3 Å². The molecule has 146 valence electrons. The number of nitrogens with two attached hydrogens (primary N) is 1. The van der Waals surface area contributed by atoms with Crippen LogP contribution in [0.4, 0.5) is 0 Å². The number of hydrogen-bond donors (Lipinski definition) is 2. The minimum absolute atomic E-state index is 0.0234. The van der Waals surface area contributed by atoms with Gasteiger partial charge in [-0.15, -0.1) is 0 Å². The van der Waals surface area contributed by atoms with Crippen molar-refractivity contribution in [2.75, 3.05) is 6.61 Å². The highest BCUT2D eigenvalue weighted by Crippen LogP contribution is 2.44. The second-order valence-electron chi connectivity index (χ2n) is 6.71. The number of phenolic OH excluding ortho intramolecular Hbond substituents is 1. The molecule has 29 heavy (non-hydrogen) atoms. The van der Waals surface area contributed by atoms with Gasteiger partial charge >= 0.3 is 0 Å². The van der Waals surface area contributed by atoms with Crippen LogP contribution in [0.5, 0.6) is 17.2 Å². The van der Waals surface area contributed by atoms with Gasteiger partial charge in [-0.2, -0.15) is 5.26 Å². The zero-order chi connectivity index (χ0) is 20.7. The molecule has 1 aliphatic rings. The second-order valence-corrected chi connectivity index (χ2v) is 6.71. The van der Waals surface area contributed by atoms with Crippen molar-refractivity contribution < 1.29 is 14.6 Å². The molecule has 0 bridgehead atoms. The van der Waals surface area contributed by atoms with Crippen molar-refractivity contribution in [3.8, 4) is 23.3 Å². The molecule has 4 rings (SSSR count). The van der Waals surface area contributed by atoms with Crippen molar-refractivity contribution in [1.29, 1.82) is 5.26 Å². The van der Waals surface area contributed by atoms with Gasteiger partial charge in [0.1, 0.15) is 17.4 Å². The Morgan fingerprint density at radius 3 is 2.79 bits per heavy atom. The first-order valence-corrected chi connectivity index (χ1v) is 9.12. The van der Waals surface area contributed by atoms with E-state index in [0.717, 1.165) is 5.39 Å². The molecular weight excluding hydrogens is 370 g/mol. The topological polar surface area (TPSA) is 111 Å². The summed E-state index contributed by atoms with van der Waals surface area (Å²) in [5, 5.41) is 20.5. The number of nitrogens with zero attached hydrogens (tertiary/aromatic N) is 2. The lowest BCUT2D eigenvalue weighted by atomic mass is 9.83. The number of pyridine rings is 1. The van der Waals surface area contributed by atoms with E-state index in [4.69, 9.17) is 15.2 Å². The van der Waals surface area contributed by atoms with Gasteiger partial charge in [0.05, 0.1) is 23.6 Å².